The number of benzene rings is 1. The molecule has 22 heavy (non-hydrogen) atoms. The molecule has 0 saturated heterocycles. The van der Waals surface area contributed by atoms with Crippen molar-refractivity contribution in [3.05, 3.63) is 54.2 Å². The summed E-state index contributed by atoms with van der Waals surface area (Å²) in [4.78, 5) is 16.0. The summed E-state index contributed by atoms with van der Waals surface area (Å²) in [7, 11) is 3.16. The van der Waals surface area contributed by atoms with E-state index in [-0.39, 0.29) is 5.91 Å². The molecule has 1 aromatic heterocycles. The fraction of sp³-hybridized carbons (Fsp3) is 0.176. The van der Waals surface area contributed by atoms with Crippen molar-refractivity contribution in [3.63, 3.8) is 0 Å². The van der Waals surface area contributed by atoms with Gasteiger partial charge in [-0.15, -0.1) is 0 Å². The molecule has 0 spiro atoms. The van der Waals surface area contributed by atoms with Gasteiger partial charge < -0.3 is 14.8 Å². The molecule has 0 radical (unpaired) electrons. The van der Waals surface area contributed by atoms with Crippen LogP contribution in [0.2, 0.25) is 0 Å². The van der Waals surface area contributed by atoms with Crippen molar-refractivity contribution in [3.8, 4) is 11.6 Å². The van der Waals surface area contributed by atoms with Crippen LogP contribution in [-0.2, 0) is 4.79 Å². The van der Waals surface area contributed by atoms with Crippen LogP contribution in [0, 0.1) is 0 Å². The lowest BCUT2D eigenvalue weighted by molar-refractivity contribution is -0.111. The van der Waals surface area contributed by atoms with Gasteiger partial charge in [0, 0.05) is 12.1 Å². The number of allylic oxidation sites excluding steroid dienone is 1. The highest BCUT2D eigenvalue weighted by molar-refractivity contribution is 6.03. The normalized spacial score (nSPS) is 11.0. The Hall–Kier alpha value is -2.82. The molecule has 1 N–H and O–H groups in total. The van der Waals surface area contributed by atoms with Gasteiger partial charge in [-0.25, -0.2) is 4.98 Å². The zero-order chi connectivity index (χ0) is 15.9. The summed E-state index contributed by atoms with van der Waals surface area (Å²) in [5.74, 6) is 1.08. The maximum absolute atomic E-state index is 12.0. The summed E-state index contributed by atoms with van der Waals surface area (Å²) in [5, 5.41) is 2.76. The molecule has 0 unspecified atom stereocenters. The number of amides is 1. The first kappa shape index (κ1) is 15.6. The second-order valence-electron chi connectivity index (χ2n) is 4.63. The van der Waals surface area contributed by atoms with Crippen LogP contribution in [0.3, 0.4) is 0 Å². The molecule has 2 aromatic rings. The van der Waals surface area contributed by atoms with Crippen LogP contribution in [0.4, 0.5) is 5.69 Å². The van der Waals surface area contributed by atoms with Crippen LogP contribution in [0.25, 0.3) is 5.57 Å². The highest BCUT2D eigenvalue weighted by Gasteiger charge is 2.03. The Balaban J connectivity index is 2.04. The summed E-state index contributed by atoms with van der Waals surface area (Å²) < 4.78 is 10.1. The number of rotatable bonds is 5. The lowest BCUT2D eigenvalue weighted by Crippen LogP contribution is -2.08. The first-order valence-corrected chi connectivity index (χ1v) is 6.76. The number of nitrogens with one attached hydrogen (secondary N) is 1. The molecule has 1 amide bonds. The van der Waals surface area contributed by atoms with E-state index in [0.29, 0.717) is 11.6 Å². The summed E-state index contributed by atoms with van der Waals surface area (Å²) >= 11 is 0. The summed E-state index contributed by atoms with van der Waals surface area (Å²) in [6.07, 6.45) is 3.10. The first-order chi connectivity index (χ1) is 10.6. The van der Waals surface area contributed by atoms with E-state index in [1.165, 1.54) is 0 Å². The van der Waals surface area contributed by atoms with E-state index in [9.17, 15) is 4.79 Å². The average molecular weight is 298 g/mol. The van der Waals surface area contributed by atoms with E-state index in [1.54, 1.807) is 38.6 Å². The van der Waals surface area contributed by atoms with E-state index in [0.717, 1.165) is 16.9 Å². The highest BCUT2D eigenvalue weighted by Crippen LogP contribution is 2.18. The number of anilines is 1. The van der Waals surface area contributed by atoms with Crippen LogP contribution in [0.1, 0.15) is 12.5 Å². The molecule has 114 valence electrons. The van der Waals surface area contributed by atoms with Crippen molar-refractivity contribution in [1.29, 1.82) is 0 Å². The van der Waals surface area contributed by atoms with E-state index < -0.39 is 0 Å². The third-order valence-electron chi connectivity index (χ3n) is 3.11. The Morgan fingerprint density at radius 1 is 1.09 bits per heavy atom. The maximum Gasteiger partial charge on any atom is 0.248 e. The molecule has 1 aromatic carbocycles. The van der Waals surface area contributed by atoms with Gasteiger partial charge in [0.1, 0.15) is 5.75 Å². The highest BCUT2D eigenvalue weighted by atomic mass is 16.5. The predicted molar refractivity (Wildman–Crippen MR) is 86.1 cm³/mol. The van der Waals surface area contributed by atoms with Gasteiger partial charge in [-0.2, -0.15) is 0 Å². The molecular weight excluding hydrogens is 280 g/mol. The second-order valence-corrected chi connectivity index (χ2v) is 4.63. The number of hydrogen-bond donors (Lipinski definition) is 1. The standard InChI is InChI=1S/C17H18N2O3/c1-12(13-4-7-15(21-2)8-5-13)10-16(20)19-14-6-9-17(22-3)18-11-14/h4-11H,1-3H3,(H,19,20)/b12-10+. The van der Waals surface area contributed by atoms with Gasteiger partial charge in [-0.1, -0.05) is 12.1 Å². The Labute approximate surface area is 129 Å². The quantitative estimate of drug-likeness (QED) is 0.861. The number of nitrogens with zero attached hydrogens (tertiary/aromatic N) is 1. The van der Waals surface area contributed by atoms with Crippen molar-refractivity contribution in [1.82, 2.24) is 4.98 Å². The van der Waals surface area contributed by atoms with Crippen molar-refractivity contribution >= 4 is 17.2 Å². The van der Waals surface area contributed by atoms with E-state index in [4.69, 9.17) is 9.47 Å². The summed E-state index contributed by atoms with van der Waals surface area (Å²) in [6, 6.07) is 11.0. The van der Waals surface area contributed by atoms with Crippen LogP contribution in [0.15, 0.2) is 48.7 Å². The number of hydrogen-bond acceptors (Lipinski definition) is 4. The van der Waals surface area contributed by atoms with Crippen molar-refractivity contribution < 1.29 is 14.3 Å². The first-order valence-electron chi connectivity index (χ1n) is 6.76. The van der Waals surface area contributed by atoms with Gasteiger partial charge in [0.15, 0.2) is 0 Å². The average Bonchev–Trinajstić information content (AvgIpc) is 2.55. The molecular formula is C17H18N2O3. The maximum atomic E-state index is 12.0. The van der Waals surface area contributed by atoms with E-state index in [2.05, 4.69) is 10.3 Å². The predicted octanol–water partition coefficient (Wildman–Crippen LogP) is 3.14. The Kier molecular flexibility index (Phi) is 5.14. The fourth-order valence-corrected chi connectivity index (χ4v) is 1.89. The van der Waals surface area contributed by atoms with Crippen LogP contribution >= 0.6 is 0 Å². The van der Waals surface area contributed by atoms with Gasteiger partial charge in [0.2, 0.25) is 11.8 Å². The van der Waals surface area contributed by atoms with Crippen molar-refractivity contribution in [2.24, 2.45) is 0 Å². The number of pyridine rings is 1. The molecule has 5 nitrogen and oxygen atoms in total. The van der Waals surface area contributed by atoms with Crippen LogP contribution in [0.5, 0.6) is 11.6 Å². The molecule has 0 bridgehead atoms. The van der Waals surface area contributed by atoms with Gasteiger partial charge in [0.05, 0.1) is 26.1 Å². The number of carbonyl (C=O) groups excluding carboxylic acids is 1. The topological polar surface area (TPSA) is 60.5 Å². The molecule has 0 aliphatic carbocycles. The van der Waals surface area contributed by atoms with Crippen molar-refractivity contribution in [2.75, 3.05) is 19.5 Å². The molecule has 2 rings (SSSR count). The number of methoxy groups -OCH3 is 2. The monoisotopic (exact) mass is 298 g/mol. The molecule has 0 saturated carbocycles. The van der Waals surface area contributed by atoms with E-state index in [1.807, 2.05) is 31.2 Å². The fourth-order valence-electron chi connectivity index (χ4n) is 1.89. The SMILES string of the molecule is COc1ccc(/C(C)=C/C(=O)Nc2ccc(OC)nc2)cc1. The third-order valence-corrected chi connectivity index (χ3v) is 3.11. The zero-order valence-corrected chi connectivity index (χ0v) is 12.8. The molecule has 0 fully saturated rings. The van der Waals surface area contributed by atoms with Gasteiger partial charge in [-0.05, 0) is 36.3 Å². The largest absolute Gasteiger partial charge is 0.497 e. The lowest BCUT2D eigenvalue weighted by Gasteiger charge is -2.06. The van der Waals surface area contributed by atoms with Gasteiger partial charge in [0.25, 0.3) is 0 Å². The summed E-state index contributed by atoms with van der Waals surface area (Å²) in [5.41, 5.74) is 2.44. The zero-order valence-electron chi connectivity index (χ0n) is 12.8. The van der Waals surface area contributed by atoms with Gasteiger partial charge >= 0.3 is 0 Å². The number of ether oxygens (including phenoxy) is 2. The van der Waals surface area contributed by atoms with Crippen LogP contribution in [-0.4, -0.2) is 25.1 Å². The molecule has 0 atom stereocenters. The minimum atomic E-state index is -0.208. The minimum Gasteiger partial charge on any atom is -0.497 e. The Morgan fingerprint density at radius 3 is 2.36 bits per heavy atom. The molecule has 1 heterocycles. The van der Waals surface area contributed by atoms with E-state index >= 15 is 0 Å². The Bertz CT molecular complexity index is 661. The molecule has 0 aliphatic heterocycles. The van der Waals surface area contributed by atoms with Crippen LogP contribution < -0.4 is 14.8 Å². The van der Waals surface area contributed by atoms with Gasteiger partial charge in [-0.3, -0.25) is 4.79 Å². The lowest BCUT2D eigenvalue weighted by atomic mass is 10.1. The molecule has 0 aliphatic rings. The smallest absolute Gasteiger partial charge is 0.248 e. The minimum absolute atomic E-state index is 0.208. The second kappa shape index (κ2) is 7.26. The van der Waals surface area contributed by atoms with Crippen molar-refractivity contribution in [2.45, 2.75) is 6.92 Å². The number of aromatic nitrogens is 1. The Morgan fingerprint density at radius 2 is 1.82 bits per heavy atom. The summed E-state index contributed by atoms with van der Waals surface area (Å²) in [6.45, 7) is 1.88. The third kappa shape index (κ3) is 4.09. The molecule has 5 heteroatoms. The number of carbonyl (C=O) groups is 1.